The molecule has 0 saturated carbocycles. The van der Waals surface area contributed by atoms with E-state index in [1.165, 1.54) is 4.90 Å². The molecule has 29 heavy (non-hydrogen) atoms. The molecule has 2 aromatic carbocycles. The number of hydrogen-bond donors (Lipinski definition) is 1. The molecule has 1 aromatic heterocycles. The molecule has 3 aromatic rings. The summed E-state index contributed by atoms with van der Waals surface area (Å²) in [5, 5.41) is 7.10. The Bertz CT molecular complexity index is 1070. The smallest absolute Gasteiger partial charge is 0.272 e. The minimum atomic E-state index is -0.792. The lowest BCUT2D eigenvalue weighted by Gasteiger charge is -2.20. The van der Waals surface area contributed by atoms with Crippen LogP contribution in [-0.4, -0.2) is 41.3 Å². The summed E-state index contributed by atoms with van der Waals surface area (Å²) in [4.78, 5) is 26.9. The number of amides is 2. The second-order valence-corrected chi connectivity index (χ2v) is 7.85. The molecule has 1 aliphatic heterocycles. The summed E-state index contributed by atoms with van der Waals surface area (Å²) in [6, 6.07) is 16.2. The molecule has 4 rings (SSSR count). The van der Waals surface area contributed by atoms with E-state index in [4.69, 9.17) is 4.74 Å². The van der Waals surface area contributed by atoms with Crippen LogP contribution < -0.4 is 15.0 Å². The normalized spacial score (nSPS) is 16.0. The highest BCUT2D eigenvalue weighted by molar-refractivity contribution is 14.1. The number of halogens is 1. The van der Waals surface area contributed by atoms with Gasteiger partial charge in [0, 0.05) is 16.8 Å². The van der Waals surface area contributed by atoms with Gasteiger partial charge >= 0.3 is 0 Å². The monoisotopic (exact) mass is 502 g/mol. The van der Waals surface area contributed by atoms with Crippen molar-refractivity contribution in [2.75, 3.05) is 18.6 Å². The molecule has 1 N–H and O–H groups in total. The van der Waals surface area contributed by atoms with E-state index >= 15 is 0 Å². The number of anilines is 1. The molecule has 0 aliphatic carbocycles. The van der Waals surface area contributed by atoms with Crippen molar-refractivity contribution in [2.24, 2.45) is 0 Å². The number of aromatic nitrogens is 2. The number of carbonyl (C=O) groups is 2. The number of fused-ring (bicyclic) bond motifs is 1. The van der Waals surface area contributed by atoms with Crippen LogP contribution in [0.15, 0.2) is 60.8 Å². The SMILES string of the molecule is CN1C(=O)[C@H](NC(=O)c2ccn(Cc3ccccc3I)n2)COc2ccccc21. The van der Waals surface area contributed by atoms with Crippen molar-refractivity contribution in [3.05, 3.63) is 75.6 Å². The van der Waals surface area contributed by atoms with E-state index < -0.39 is 11.9 Å². The Hall–Kier alpha value is -2.88. The Kier molecular flexibility index (Phi) is 5.52. The Morgan fingerprint density at radius 3 is 2.79 bits per heavy atom. The van der Waals surface area contributed by atoms with Crippen LogP contribution in [0, 0.1) is 3.57 Å². The number of nitrogens with one attached hydrogen (secondary N) is 1. The number of hydrogen-bond acceptors (Lipinski definition) is 4. The average Bonchev–Trinajstić information content (AvgIpc) is 3.16. The third-order valence-corrected chi connectivity index (χ3v) is 5.78. The van der Waals surface area contributed by atoms with Gasteiger partial charge in [0.05, 0.1) is 12.2 Å². The van der Waals surface area contributed by atoms with Crippen LogP contribution in [0.5, 0.6) is 5.75 Å². The molecule has 2 amide bonds. The average molecular weight is 502 g/mol. The van der Waals surface area contributed by atoms with Crippen LogP contribution in [0.2, 0.25) is 0 Å². The molecule has 0 unspecified atom stereocenters. The fraction of sp³-hybridized carbons (Fsp3) is 0.190. The molecule has 2 heterocycles. The number of likely N-dealkylation sites (N-methyl/N-ethyl adjacent to an activating group) is 1. The molecule has 7 nitrogen and oxygen atoms in total. The van der Waals surface area contributed by atoms with E-state index in [2.05, 4.69) is 33.0 Å². The predicted octanol–water partition coefficient (Wildman–Crippen LogP) is 2.69. The van der Waals surface area contributed by atoms with E-state index in [1.807, 2.05) is 42.5 Å². The Labute approximate surface area is 181 Å². The van der Waals surface area contributed by atoms with Gasteiger partial charge in [0.1, 0.15) is 24.1 Å². The number of rotatable bonds is 4. The third kappa shape index (κ3) is 4.12. The van der Waals surface area contributed by atoms with Gasteiger partial charge in [-0.3, -0.25) is 14.3 Å². The maximum atomic E-state index is 12.8. The highest BCUT2D eigenvalue weighted by Crippen LogP contribution is 2.29. The highest BCUT2D eigenvalue weighted by Gasteiger charge is 2.31. The molecular weight excluding hydrogens is 483 g/mol. The Balaban J connectivity index is 1.45. The van der Waals surface area contributed by atoms with Gasteiger partial charge in [-0.2, -0.15) is 5.10 Å². The van der Waals surface area contributed by atoms with Gasteiger partial charge < -0.3 is 15.0 Å². The first-order chi connectivity index (χ1) is 14.0. The largest absolute Gasteiger partial charge is 0.489 e. The quantitative estimate of drug-likeness (QED) is 0.557. The molecule has 148 valence electrons. The van der Waals surface area contributed by atoms with Crippen LogP contribution in [0.4, 0.5) is 5.69 Å². The lowest BCUT2D eigenvalue weighted by Crippen LogP contribution is -2.49. The minimum absolute atomic E-state index is 0.0643. The van der Waals surface area contributed by atoms with Crippen molar-refractivity contribution in [3.63, 3.8) is 0 Å². The van der Waals surface area contributed by atoms with Gasteiger partial charge in [-0.15, -0.1) is 0 Å². The van der Waals surface area contributed by atoms with E-state index in [-0.39, 0.29) is 18.2 Å². The van der Waals surface area contributed by atoms with Crippen LogP contribution in [0.3, 0.4) is 0 Å². The van der Waals surface area contributed by atoms with E-state index in [0.29, 0.717) is 18.0 Å². The van der Waals surface area contributed by atoms with Crippen molar-refractivity contribution in [2.45, 2.75) is 12.6 Å². The summed E-state index contributed by atoms with van der Waals surface area (Å²) in [6.07, 6.45) is 1.76. The number of nitrogens with zero attached hydrogens (tertiary/aromatic N) is 3. The zero-order valence-electron chi connectivity index (χ0n) is 15.7. The highest BCUT2D eigenvalue weighted by atomic mass is 127. The van der Waals surface area contributed by atoms with Crippen molar-refractivity contribution < 1.29 is 14.3 Å². The molecule has 1 atom stereocenters. The van der Waals surface area contributed by atoms with Crippen LogP contribution in [0.25, 0.3) is 0 Å². The van der Waals surface area contributed by atoms with Gasteiger partial charge in [0.2, 0.25) is 0 Å². The summed E-state index contributed by atoms with van der Waals surface area (Å²) in [6.45, 7) is 0.630. The number of para-hydroxylation sites is 2. The van der Waals surface area contributed by atoms with Crippen molar-refractivity contribution in [1.82, 2.24) is 15.1 Å². The van der Waals surface area contributed by atoms with Gasteiger partial charge in [0.15, 0.2) is 0 Å². The van der Waals surface area contributed by atoms with Gasteiger partial charge in [-0.1, -0.05) is 30.3 Å². The van der Waals surface area contributed by atoms with E-state index in [0.717, 1.165) is 9.13 Å². The lowest BCUT2D eigenvalue weighted by atomic mass is 10.2. The Morgan fingerprint density at radius 1 is 1.21 bits per heavy atom. The maximum absolute atomic E-state index is 12.8. The van der Waals surface area contributed by atoms with Gasteiger partial charge in [0.25, 0.3) is 11.8 Å². The molecule has 0 radical (unpaired) electrons. The topological polar surface area (TPSA) is 76.5 Å². The molecule has 0 bridgehead atoms. The second-order valence-electron chi connectivity index (χ2n) is 6.69. The summed E-state index contributed by atoms with van der Waals surface area (Å²) >= 11 is 2.28. The molecule has 0 fully saturated rings. The standard InChI is InChI=1S/C21H19IN4O3/c1-25-18-8-4-5-9-19(18)29-13-17(21(25)28)23-20(27)16-10-11-26(24-16)12-14-6-2-3-7-15(14)22/h2-11,17H,12-13H2,1H3,(H,23,27)/t17-/m1/s1. The summed E-state index contributed by atoms with van der Waals surface area (Å²) in [7, 11) is 1.67. The summed E-state index contributed by atoms with van der Waals surface area (Å²) in [5.74, 6) is -0.0313. The van der Waals surface area contributed by atoms with E-state index in [1.54, 1.807) is 30.1 Å². The van der Waals surface area contributed by atoms with Crippen LogP contribution in [0.1, 0.15) is 16.1 Å². The van der Waals surface area contributed by atoms with Crippen LogP contribution >= 0.6 is 22.6 Å². The molecule has 1 aliphatic rings. The third-order valence-electron chi connectivity index (χ3n) is 4.73. The van der Waals surface area contributed by atoms with Crippen molar-refractivity contribution in [3.8, 4) is 5.75 Å². The zero-order valence-corrected chi connectivity index (χ0v) is 17.9. The minimum Gasteiger partial charge on any atom is -0.489 e. The summed E-state index contributed by atoms with van der Waals surface area (Å²) < 4.78 is 8.58. The Morgan fingerprint density at radius 2 is 1.97 bits per heavy atom. The first-order valence-electron chi connectivity index (χ1n) is 9.10. The first-order valence-corrected chi connectivity index (χ1v) is 10.2. The second kappa shape index (κ2) is 8.24. The number of carbonyl (C=O) groups excluding carboxylic acids is 2. The van der Waals surface area contributed by atoms with Crippen LogP contribution in [-0.2, 0) is 11.3 Å². The summed E-state index contributed by atoms with van der Waals surface area (Å²) in [5.41, 5.74) is 2.05. The molecule has 8 heteroatoms. The molecular formula is C21H19IN4O3. The van der Waals surface area contributed by atoms with E-state index in [9.17, 15) is 9.59 Å². The fourth-order valence-electron chi connectivity index (χ4n) is 3.16. The zero-order chi connectivity index (χ0) is 20.4. The fourth-order valence-corrected chi connectivity index (χ4v) is 3.72. The number of benzene rings is 2. The maximum Gasteiger partial charge on any atom is 0.272 e. The van der Waals surface area contributed by atoms with Gasteiger partial charge in [-0.25, -0.2) is 0 Å². The predicted molar refractivity (Wildman–Crippen MR) is 117 cm³/mol. The van der Waals surface area contributed by atoms with Crippen molar-refractivity contribution in [1.29, 1.82) is 0 Å². The number of ether oxygens (including phenoxy) is 1. The lowest BCUT2D eigenvalue weighted by molar-refractivity contribution is -0.120. The molecule has 0 spiro atoms. The molecule has 0 saturated heterocycles. The van der Waals surface area contributed by atoms with Gasteiger partial charge in [-0.05, 0) is 52.4 Å². The van der Waals surface area contributed by atoms with Crippen molar-refractivity contribution >= 4 is 40.1 Å². The first kappa shape index (κ1) is 19.4.